The highest BCUT2D eigenvalue weighted by atomic mass is 16.2. The number of carbonyl (C=O) groups is 1. The summed E-state index contributed by atoms with van der Waals surface area (Å²) in [5.74, 6) is 0.0520. The van der Waals surface area contributed by atoms with Crippen LogP contribution in [0.25, 0.3) is 0 Å². The van der Waals surface area contributed by atoms with Crippen molar-refractivity contribution in [2.24, 2.45) is 5.41 Å². The number of carbonyl (C=O) groups excluding carboxylic acids is 1. The van der Waals surface area contributed by atoms with Gasteiger partial charge in [0.1, 0.15) is 0 Å². The molecule has 0 bridgehead atoms. The molecule has 38 heavy (non-hydrogen) atoms. The van der Waals surface area contributed by atoms with Crippen LogP contribution in [0.3, 0.4) is 0 Å². The molecule has 4 rings (SSSR count). The van der Waals surface area contributed by atoms with Crippen LogP contribution in [-0.4, -0.2) is 50.1 Å². The molecule has 6 nitrogen and oxygen atoms in total. The number of nitrogens with one attached hydrogen (secondary N) is 4. The Kier molecular flexibility index (Phi) is 19.0. The van der Waals surface area contributed by atoms with E-state index in [2.05, 4.69) is 52.8 Å². The number of amides is 1. The van der Waals surface area contributed by atoms with Gasteiger partial charge in [-0.05, 0) is 73.8 Å². The number of nitrogens with zero attached hydrogens (tertiary/aromatic N) is 1. The third-order valence-electron chi connectivity index (χ3n) is 6.31. The Labute approximate surface area is 234 Å². The lowest BCUT2D eigenvalue weighted by atomic mass is 9.92. The van der Waals surface area contributed by atoms with Crippen molar-refractivity contribution >= 4 is 5.91 Å². The zero-order valence-electron chi connectivity index (χ0n) is 26.0. The molecular formula is C32H57N5O. The van der Waals surface area contributed by atoms with E-state index in [1.807, 2.05) is 86.8 Å². The molecule has 1 aromatic rings. The molecule has 1 aromatic carbocycles. The van der Waals surface area contributed by atoms with Gasteiger partial charge < -0.3 is 21.0 Å². The number of dihydropyridines is 1. The predicted molar refractivity (Wildman–Crippen MR) is 166 cm³/mol. The van der Waals surface area contributed by atoms with Gasteiger partial charge in [0, 0.05) is 43.9 Å². The first kappa shape index (κ1) is 35.4. The van der Waals surface area contributed by atoms with Gasteiger partial charge in [-0.15, -0.1) is 0 Å². The number of hydrogen-bond acceptors (Lipinski definition) is 5. The minimum Gasteiger partial charge on any atom is -0.387 e. The van der Waals surface area contributed by atoms with Crippen molar-refractivity contribution in [1.29, 1.82) is 0 Å². The Morgan fingerprint density at radius 3 is 2.18 bits per heavy atom. The Bertz CT molecular complexity index is 853. The number of rotatable bonds is 9. The van der Waals surface area contributed by atoms with Crippen molar-refractivity contribution in [1.82, 2.24) is 26.4 Å². The van der Waals surface area contributed by atoms with Crippen molar-refractivity contribution in [2.75, 3.05) is 33.2 Å². The quantitative estimate of drug-likeness (QED) is 0.288. The van der Waals surface area contributed by atoms with Crippen LogP contribution in [0.15, 0.2) is 60.0 Å². The summed E-state index contributed by atoms with van der Waals surface area (Å²) >= 11 is 0. The molecule has 1 aliphatic carbocycles. The molecule has 0 saturated heterocycles. The van der Waals surface area contributed by atoms with Gasteiger partial charge in [-0.25, -0.2) is 5.43 Å². The lowest BCUT2D eigenvalue weighted by molar-refractivity contribution is 0.0787. The third-order valence-corrected chi connectivity index (χ3v) is 6.31. The maximum Gasteiger partial charge on any atom is 0.253 e. The van der Waals surface area contributed by atoms with Crippen LogP contribution in [0.2, 0.25) is 0 Å². The van der Waals surface area contributed by atoms with Crippen molar-refractivity contribution in [3.8, 4) is 0 Å². The van der Waals surface area contributed by atoms with Gasteiger partial charge in [0.05, 0.1) is 6.04 Å². The van der Waals surface area contributed by atoms with Crippen LogP contribution in [0, 0.1) is 5.41 Å². The van der Waals surface area contributed by atoms with E-state index in [4.69, 9.17) is 0 Å². The van der Waals surface area contributed by atoms with Crippen LogP contribution in [-0.2, 0) is 6.42 Å². The molecule has 1 unspecified atom stereocenters. The first-order valence-electron chi connectivity index (χ1n) is 14.9. The molecule has 1 amide bonds. The SMILES string of the molecule is CC.CC.CC.CC.CC1=CNCC(C2(CNCCc3ccc(C(=O)N(C)CC4C=CNN4)cc3)CC2)=C1. The molecule has 0 aromatic heterocycles. The van der Waals surface area contributed by atoms with Crippen molar-refractivity contribution < 1.29 is 4.79 Å². The summed E-state index contributed by atoms with van der Waals surface area (Å²) in [5.41, 5.74) is 11.3. The van der Waals surface area contributed by atoms with Gasteiger partial charge in [-0.1, -0.05) is 73.6 Å². The number of hydrogen-bond donors (Lipinski definition) is 4. The van der Waals surface area contributed by atoms with Gasteiger partial charge >= 0.3 is 0 Å². The average Bonchev–Trinajstić information content (AvgIpc) is 3.61. The zero-order chi connectivity index (χ0) is 29.0. The lowest BCUT2D eigenvalue weighted by Crippen LogP contribution is -2.41. The molecular weight excluding hydrogens is 470 g/mol. The Morgan fingerprint density at radius 2 is 1.66 bits per heavy atom. The first-order valence-corrected chi connectivity index (χ1v) is 14.9. The summed E-state index contributed by atoms with van der Waals surface area (Å²) in [4.78, 5) is 14.4. The number of benzene rings is 1. The molecule has 0 spiro atoms. The summed E-state index contributed by atoms with van der Waals surface area (Å²) in [5, 5.41) is 7.05. The molecule has 216 valence electrons. The maximum atomic E-state index is 12.6. The molecule has 1 fully saturated rings. The highest BCUT2D eigenvalue weighted by Crippen LogP contribution is 2.51. The van der Waals surface area contributed by atoms with Crippen molar-refractivity contribution in [3.05, 3.63) is 71.1 Å². The van der Waals surface area contributed by atoms with Gasteiger partial charge in [0.25, 0.3) is 5.91 Å². The summed E-state index contributed by atoms with van der Waals surface area (Å²) in [6.45, 7) is 21.8. The van der Waals surface area contributed by atoms with Crippen LogP contribution in [0.5, 0.6) is 0 Å². The molecule has 4 N–H and O–H groups in total. The highest BCUT2D eigenvalue weighted by Gasteiger charge is 2.45. The second-order valence-corrected chi connectivity index (χ2v) is 8.78. The van der Waals surface area contributed by atoms with Crippen LogP contribution in [0.4, 0.5) is 0 Å². The normalized spacial score (nSPS) is 17.5. The minimum absolute atomic E-state index is 0.0520. The predicted octanol–water partition coefficient (Wildman–Crippen LogP) is 6.20. The molecule has 3 aliphatic rings. The third kappa shape index (κ3) is 11.4. The Hall–Kier alpha value is -2.57. The summed E-state index contributed by atoms with van der Waals surface area (Å²) < 4.78 is 0. The Balaban J connectivity index is 0.00000157. The van der Waals surface area contributed by atoms with E-state index in [1.165, 1.54) is 24.0 Å². The molecule has 1 saturated carbocycles. The fraction of sp³-hybridized carbons (Fsp3) is 0.594. The standard InChI is InChI=1S/C24H33N5O.4C2H6/c1-18-13-21(15-26-14-18)24(9-10-24)17-25-11-7-19-3-5-20(6-4-19)23(30)29(2)16-22-8-12-27-28-22;4*1-2/h3-6,8,12-14,22,25-28H,7,9-11,15-17H2,1-2H3;4*1-2H3. The van der Waals surface area contributed by atoms with E-state index in [0.717, 1.165) is 31.6 Å². The topological polar surface area (TPSA) is 68.4 Å². The van der Waals surface area contributed by atoms with Gasteiger partial charge in [0.2, 0.25) is 0 Å². The van der Waals surface area contributed by atoms with E-state index in [1.54, 1.807) is 10.5 Å². The van der Waals surface area contributed by atoms with E-state index in [-0.39, 0.29) is 11.9 Å². The zero-order valence-corrected chi connectivity index (χ0v) is 26.0. The van der Waals surface area contributed by atoms with E-state index in [0.29, 0.717) is 12.0 Å². The monoisotopic (exact) mass is 527 g/mol. The second kappa shape index (κ2) is 20.4. The molecule has 1 atom stereocenters. The molecule has 0 radical (unpaired) electrons. The summed E-state index contributed by atoms with van der Waals surface area (Å²) in [7, 11) is 1.84. The van der Waals surface area contributed by atoms with Crippen LogP contribution < -0.4 is 21.5 Å². The molecule has 2 aliphatic heterocycles. The molecule has 2 heterocycles. The minimum atomic E-state index is 0.0520. The van der Waals surface area contributed by atoms with Crippen molar-refractivity contribution in [3.63, 3.8) is 0 Å². The van der Waals surface area contributed by atoms with E-state index >= 15 is 0 Å². The maximum absolute atomic E-state index is 12.6. The summed E-state index contributed by atoms with van der Waals surface area (Å²) in [6, 6.07) is 8.19. The largest absolute Gasteiger partial charge is 0.387 e. The number of allylic oxidation sites excluding steroid dienone is 2. The number of likely N-dealkylation sites (N-methyl/N-ethyl adjacent to an activating group) is 1. The average molecular weight is 528 g/mol. The van der Waals surface area contributed by atoms with Crippen molar-refractivity contribution in [2.45, 2.75) is 87.6 Å². The lowest BCUT2D eigenvalue weighted by Gasteiger charge is -2.23. The Morgan fingerprint density at radius 1 is 1.03 bits per heavy atom. The number of hydrazine groups is 1. The van der Waals surface area contributed by atoms with E-state index in [9.17, 15) is 4.79 Å². The molecule has 6 heteroatoms. The fourth-order valence-electron chi connectivity index (χ4n) is 4.24. The van der Waals surface area contributed by atoms with Gasteiger partial charge in [-0.3, -0.25) is 4.79 Å². The van der Waals surface area contributed by atoms with Gasteiger partial charge in [-0.2, -0.15) is 0 Å². The second-order valence-electron chi connectivity index (χ2n) is 8.78. The smallest absolute Gasteiger partial charge is 0.253 e. The van der Waals surface area contributed by atoms with E-state index < -0.39 is 0 Å². The fourth-order valence-corrected chi connectivity index (χ4v) is 4.24. The summed E-state index contributed by atoms with van der Waals surface area (Å²) in [6.07, 6.45) is 11.9. The van der Waals surface area contributed by atoms with Crippen LogP contribution >= 0.6 is 0 Å². The highest BCUT2D eigenvalue weighted by molar-refractivity contribution is 5.94. The van der Waals surface area contributed by atoms with Gasteiger partial charge in [0.15, 0.2) is 0 Å². The van der Waals surface area contributed by atoms with Crippen LogP contribution in [0.1, 0.15) is 91.1 Å². The first-order chi connectivity index (χ1) is 18.6.